The maximum Gasteiger partial charge on any atom is 0.323 e. The third-order valence-corrected chi connectivity index (χ3v) is 5.04. The van der Waals surface area contributed by atoms with E-state index in [9.17, 15) is 18.7 Å². The molecule has 29 heavy (non-hydrogen) atoms. The van der Waals surface area contributed by atoms with Crippen LogP contribution in [0.1, 0.15) is 0 Å². The second kappa shape index (κ2) is 8.22. The Hall–Kier alpha value is -2.91. The van der Waals surface area contributed by atoms with Gasteiger partial charge in [-0.3, -0.25) is 4.90 Å². The van der Waals surface area contributed by atoms with Crippen LogP contribution in [0.15, 0.2) is 41.2 Å². The zero-order valence-corrected chi connectivity index (χ0v) is 15.7. The monoisotopic (exact) mass is 404 g/mol. The molecule has 1 aromatic heterocycles. The van der Waals surface area contributed by atoms with E-state index in [1.54, 1.807) is 24.3 Å². The Kier molecular flexibility index (Phi) is 5.50. The predicted octanol–water partition coefficient (Wildman–Crippen LogP) is 1.70. The molecule has 4 rings (SSSR count). The van der Waals surface area contributed by atoms with Crippen molar-refractivity contribution in [2.24, 2.45) is 0 Å². The van der Waals surface area contributed by atoms with Crippen molar-refractivity contribution in [2.75, 3.05) is 44.2 Å². The maximum absolute atomic E-state index is 13.4. The number of rotatable bonds is 6. The number of ether oxygens (including phenoxy) is 1. The van der Waals surface area contributed by atoms with Gasteiger partial charge in [0.1, 0.15) is 18.5 Å². The van der Waals surface area contributed by atoms with Crippen LogP contribution in [-0.4, -0.2) is 65.4 Å². The SMILES string of the molecule is O=c1[nH]c2ccc(OC[C@@H](O)CN3CCN(c4ccc(F)c(F)c4)CC3)cc2[nH]1. The number of benzene rings is 2. The summed E-state index contributed by atoms with van der Waals surface area (Å²) in [4.78, 5) is 20.7. The Morgan fingerprint density at radius 1 is 1.00 bits per heavy atom. The molecule has 0 radical (unpaired) electrons. The molecular weight excluding hydrogens is 382 g/mol. The van der Waals surface area contributed by atoms with E-state index < -0.39 is 17.7 Å². The highest BCUT2D eigenvalue weighted by molar-refractivity contribution is 5.75. The van der Waals surface area contributed by atoms with Crippen LogP contribution in [0.25, 0.3) is 11.0 Å². The third kappa shape index (κ3) is 4.57. The van der Waals surface area contributed by atoms with Gasteiger partial charge in [-0.05, 0) is 24.3 Å². The molecule has 0 saturated carbocycles. The number of nitrogens with zero attached hydrogens (tertiary/aromatic N) is 2. The number of halogens is 2. The number of fused-ring (bicyclic) bond motifs is 1. The Bertz CT molecular complexity index is 1040. The molecule has 0 unspecified atom stereocenters. The molecule has 2 aromatic carbocycles. The molecule has 7 nitrogen and oxygen atoms in total. The molecule has 154 valence electrons. The molecule has 1 fully saturated rings. The van der Waals surface area contributed by atoms with Crippen LogP contribution in [0.5, 0.6) is 5.75 Å². The van der Waals surface area contributed by atoms with Crippen LogP contribution in [0.3, 0.4) is 0 Å². The topological polar surface area (TPSA) is 84.6 Å². The van der Waals surface area contributed by atoms with E-state index in [1.165, 1.54) is 6.07 Å². The fraction of sp³-hybridized carbons (Fsp3) is 0.350. The molecular formula is C20H22F2N4O3. The average molecular weight is 404 g/mol. The standard InChI is InChI=1S/C20H22F2N4O3/c21-16-3-1-13(9-17(16)22)26-7-5-25(6-8-26)11-14(27)12-29-15-2-4-18-19(10-15)24-20(28)23-18/h1-4,9-10,14,27H,5-8,11-12H2,(H2,23,24,28)/t14-/m0/s1. The highest BCUT2D eigenvalue weighted by Crippen LogP contribution is 2.20. The van der Waals surface area contributed by atoms with E-state index in [4.69, 9.17) is 4.74 Å². The minimum absolute atomic E-state index is 0.129. The van der Waals surface area contributed by atoms with Crippen LogP contribution in [-0.2, 0) is 0 Å². The molecule has 0 aliphatic carbocycles. The summed E-state index contributed by atoms with van der Waals surface area (Å²) in [6, 6.07) is 9.11. The van der Waals surface area contributed by atoms with Crippen molar-refractivity contribution in [3.8, 4) is 5.75 Å². The summed E-state index contributed by atoms with van der Waals surface area (Å²) in [5.41, 5.74) is 1.72. The van der Waals surface area contributed by atoms with Crippen molar-refractivity contribution >= 4 is 16.7 Å². The lowest BCUT2D eigenvalue weighted by Crippen LogP contribution is -2.49. The summed E-state index contributed by atoms with van der Waals surface area (Å²) in [5.74, 6) is -1.13. The number of aromatic amines is 2. The fourth-order valence-electron chi connectivity index (χ4n) is 3.51. The number of nitrogens with one attached hydrogen (secondary N) is 2. The summed E-state index contributed by atoms with van der Waals surface area (Å²) in [6.45, 7) is 3.31. The Morgan fingerprint density at radius 2 is 1.76 bits per heavy atom. The molecule has 0 bridgehead atoms. The lowest BCUT2D eigenvalue weighted by Gasteiger charge is -2.36. The number of aliphatic hydroxyl groups excluding tert-OH is 1. The van der Waals surface area contributed by atoms with E-state index in [2.05, 4.69) is 14.9 Å². The highest BCUT2D eigenvalue weighted by atomic mass is 19.2. The number of H-pyrrole nitrogens is 2. The van der Waals surface area contributed by atoms with Gasteiger partial charge in [0.05, 0.1) is 11.0 Å². The number of β-amino-alcohol motifs (C(OH)–C–C–N with tert-alkyl or cyclic N) is 1. The molecule has 1 saturated heterocycles. The largest absolute Gasteiger partial charge is 0.491 e. The summed E-state index contributed by atoms with van der Waals surface area (Å²) in [5, 5.41) is 10.3. The Morgan fingerprint density at radius 3 is 2.52 bits per heavy atom. The summed E-state index contributed by atoms with van der Waals surface area (Å²) in [6.07, 6.45) is -0.675. The van der Waals surface area contributed by atoms with Gasteiger partial charge in [0, 0.05) is 50.5 Å². The molecule has 0 spiro atoms. The number of imidazole rings is 1. The van der Waals surface area contributed by atoms with Crippen molar-refractivity contribution < 1.29 is 18.6 Å². The van der Waals surface area contributed by atoms with Gasteiger partial charge in [0.15, 0.2) is 11.6 Å². The van der Waals surface area contributed by atoms with Crippen LogP contribution < -0.4 is 15.3 Å². The zero-order valence-electron chi connectivity index (χ0n) is 15.7. The first-order valence-corrected chi connectivity index (χ1v) is 9.43. The first kappa shape index (κ1) is 19.4. The minimum atomic E-state index is -0.850. The first-order chi connectivity index (χ1) is 14.0. The summed E-state index contributed by atoms with van der Waals surface area (Å²) in [7, 11) is 0. The minimum Gasteiger partial charge on any atom is -0.491 e. The van der Waals surface area contributed by atoms with Gasteiger partial charge in [0.2, 0.25) is 0 Å². The smallest absolute Gasteiger partial charge is 0.323 e. The number of hydrogen-bond acceptors (Lipinski definition) is 5. The molecule has 1 atom stereocenters. The zero-order chi connectivity index (χ0) is 20.4. The normalized spacial score (nSPS) is 16.3. The van der Waals surface area contributed by atoms with Crippen molar-refractivity contribution in [3.05, 3.63) is 58.5 Å². The highest BCUT2D eigenvalue weighted by Gasteiger charge is 2.20. The van der Waals surface area contributed by atoms with Crippen molar-refractivity contribution in [1.29, 1.82) is 0 Å². The third-order valence-electron chi connectivity index (χ3n) is 5.04. The summed E-state index contributed by atoms with van der Waals surface area (Å²) < 4.78 is 32.1. The molecule has 1 aliphatic heterocycles. The van der Waals surface area contributed by atoms with Gasteiger partial charge in [0.25, 0.3) is 0 Å². The number of aromatic nitrogens is 2. The molecule has 1 aliphatic rings. The van der Waals surface area contributed by atoms with E-state index >= 15 is 0 Å². The van der Waals surface area contributed by atoms with Crippen LogP contribution in [0.2, 0.25) is 0 Å². The fourth-order valence-corrected chi connectivity index (χ4v) is 3.51. The van der Waals surface area contributed by atoms with Crippen molar-refractivity contribution in [3.63, 3.8) is 0 Å². The van der Waals surface area contributed by atoms with Gasteiger partial charge in [-0.25, -0.2) is 13.6 Å². The van der Waals surface area contributed by atoms with Gasteiger partial charge in [-0.2, -0.15) is 0 Å². The van der Waals surface area contributed by atoms with Crippen molar-refractivity contribution in [1.82, 2.24) is 14.9 Å². The van der Waals surface area contributed by atoms with Gasteiger partial charge >= 0.3 is 5.69 Å². The molecule has 3 aromatic rings. The van der Waals surface area contributed by atoms with E-state index in [1.807, 2.05) is 4.90 Å². The maximum atomic E-state index is 13.4. The lowest BCUT2D eigenvalue weighted by atomic mass is 10.2. The molecule has 9 heteroatoms. The van der Waals surface area contributed by atoms with Crippen molar-refractivity contribution in [2.45, 2.75) is 6.10 Å². The second-order valence-corrected chi connectivity index (χ2v) is 7.14. The van der Waals surface area contributed by atoms with Gasteiger partial charge in [-0.1, -0.05) is 0 Å². The number of piperazine rings is 1. The average Bonchev–Trinajstić information content (AvgIpc) is 3.08. The second-order valence-electron chi connectivity index (χ2n) is 7.14. The summed E-state index contributed by atoms with van der Waals surface area (Å²) >= 11 is 0. The molecule has 2 heterocycles. The number of hydrogen-bond donors (Lipinski definition) is 3. The van der Waals surface area contributed by atoms with Crippen LogP contribution in [0, 0.1) is 11.6 Å². The van der Waals surface area contributed by atoms with Gasteiger partial charge < -0.3 is 24.7 Å². The predicted molar refractivity (Wildman–Crippen MR) is 105 cm³/mol. The quantitative estimate of drug-likeness (QED) is 0.582. The van der Waals surface area contributed by atoms with Crippen LogP contribution >= 0.6 is 0 Å². The Labute approximate surface area is 165 Å². The number of anilines is 1. The van der Waals surface area contributed by atoms with Crippen LogP contribution in [0.4, 0.5) is 14.5 Å². The van der Waals surface area contributed by atoms with Gasteiger partial charge in [-0.15, -0.1) is 0 Å². The van der Waals surface area contributed by atoms with E-state index in [-0.39, 0.29) is 12.3 Å². The van der Waals surface area contributed by atoms with E-state index in [0.717, 1.165) is 6.07 Å². The first-order valence-electron chi connectivity index (χ1n) is 9.43. The van der Waals surface area contributed by atoms with E-state index in [0.29, 0.717) is 55.2 Å². The lowest BCUT2D eigenvalue weighted by molar-refractivity contribution is 0.0663. The molecule has 3 N–H and O–H groups in total. The Balaban J connectivity index is 1.25. The number of aliphatic hydroxyl groups is 1. The molecule has 0 amide bonds.